The average Bonchev–Trinajstić information content (AvgIpc) is 2.75. The first-order valence-corrected chi connectivity index (χ1v) is 6.80. The number of aromatic nitrogens is 4. The second kappa shape index (κ2) is 6.10. The minimum absolute atomic E-state index is 0.0168. The molecule has 1 aromatic heterocycles. The largest absolute Gasteiger partial charge is 0.393 e. The standard InChI is InChI=1S/C12H21N5O2/c1-3-11(9-6-10(18)7-9)13-12(19)4-5-17-8(2)14-15-16-17/h9-11,18H,3-7H2,1-2H3,(H,13,19)/t9?,10?,11-/m1/s1. The molecular weight excluding hydrogens is 246 g/mol. The summed E-state index contributed by atoms with van der Waals surface area (Å²) in [5, 5.41) is 23.5. The maximum Gasteiger partial charge on any atom is 0.222 e. The van der Waals surface area contributed by atoms with Crippen LogP contribution in [0.1, 0.15) is 38.4 Å². The zero-order chi connectivity index (χ0) is 13.8. The summed E-state index contributed by atoms with van der Waals surface area (Å²) < 4.78 is 1.62. The lowest BCUT2D eigenvalue weighted by atomic mass is 9.76. The molecule has 0 unspecified atom stereocenters. The normalized spacial score (nSPS) is 23.7. The predicted molar refractivity (Wildman–Crippen MR) is 68.1 cm³/mol. The topological polar surface area (TPSA) is 92.9 Å². The molecule has 7 nitrogen and oxygen atoms in total. The van der Waals surface area contributed by atoms with Gasteiger partial charge in [0.2, 0.25) is 5.91 Å². The fraction of sp³-hybridized carbons (Fsp3) is 0.833. The van der Waals surface area contributed by atoms with Crippen molar-refractivity contribution in [2.45, 2.75) is 58.2 Å². The Morgan fingerprint density at radius 1 is 1.58 bits per heavy atom. The molecule has 0 spiro atoms. The number of nitrogens with zero attached hydrogens (tertiary/aromatic N) is 4. The Bertz CT molecular complexity index is 428. The Balaban J connectivity index is 1.75. The summed E-state index contributed by atoms with van der Waals surface area (Å²) in [5.74, 6) is 1.14. The van der Waals surface area contributed by atoms with Gasteiger partial charge in [-0.15, -0.1) is 5.10 Å². The summed E-state index contributed by atoms with van der Waals surface area (Å²) in [7, 11) is 0. The number of hydrogen-bond donors (Lipinski definition) is 2. The van der Waals surface area contributed by atoms with Gasteiger partial charge in [-0.1, -0.05) is 6.92 Å². The first-order chi connectivity index (χ1) is 9.10. The monoisotopic (exact) mass is 267 g/mol. The highest BCUT2D eigenvalue weighted by atomic mass is 16.3. The molecule has 7 heteroatoms. The lowest BCUT2D eigenvalue weighted by Crippen LogP contribution is -2.46. The first-order valence-electron chi connectivity index (χ1n) is 6.80. The predicted octanol–water partition coefficient (Wildman–Crippen LogP) is 0.0373. The highest BCUT2D eigenvalue weighted by Gasteiger charge is 2.33. The highest BCUT2D eigenvalue weighted by molar-refractivity contribution is 5.76. The van der Waals surface area contributed by atoms with Gasteiger partial charge in [-0.2, -0.15) is 0 Å². The fourth-order valence-electron chi connectivity index (χ4n) is 2.45. The van der Waals surface area contributed by atoms with Gasteiger partial charge in [-0.3, -0.25) is 4.79 Å². The Kier molecular flexibility index (Phi) is 4.47. The molecule has 2 rings (SSSR count). The molecule has 1 aliphatic rings. The Hall–Kier alpha value is -1.50. The summed E-state index contributed by atoms with van der Waals surface area (Å²) in [5.41, 5.74) is 0. The molecule has 0 saturated heterocycles. The number of hydrogen-bond acceptors (Lipinski definition) is 5. The van der Waals surface area contributed by atoms with Gasteiger partial charge in [0.1, 0.15) is 5.82 Å². The number of rotatable bonds is 6. The van der Waals surface area contributed by atoms with E-state index in [2.05, 4.69) is 27.8 Å². The number of carbonyl (C=O) groups is 1. The number of nitrogens with one attached hydrogen (secondary N) is 1. The zero-order valence-corrected chi connectivity index (χ0v) is 11.4. The fourth-order valence-corrected chi connectivity index (χ4v) is 2.45. The van der Waals surface area contributed by atoms with E-state index in [0.717, 1.165) is 19.3 Å². The molecule has 19 heavy (non-hydrogen) atoms. The van der Waals surface area contributed by atoms with Gasteiger partial charge in [-0.25, -0.2) is 4.68 Å². The smallest absolute Gasteiger partial charge is 0.222 e. The van der Waals surface area contributed by atoms with Crippen molar-refractivity contribution >= 4 is 5.91 Å². The number of tetrazole rings is 1. The number of amides is 1. The average molecular weight is 267 g/mol. The van der Waals surface area contributed by atoms with Gasteiger partial charge in [-0.05, 0) is 42.5 Å². The highest BCUT2D eigenvalue weighted by Crippen LogP contribution is 2.31. The molecule has 0 bridgehead atoms. The number of aryl methyl sites for hydroxylation is 2. The van der Waals surface area contributed by atoms with Crippen LogP contribution >= 0.6 is 0 Å². The zero-order valence-electron chi connectivity index (χ0n) is 11.4. The maximum atomic E-state index is 11.9. The Labute approximate surface area is 112 Å². The van der Waals surface area contributed by atoms with Crippen LogP contribution in [0.3, 0.4) is 0 Å². The molecule has 1 amide bonds. The summed E-state index contributed by atoms with van der Waals surface area (Å²) in [4.78, 5) is 11.9. The SMILES string of the molecule is CC[C@@H](NC(=O)CCn1nnnc1C)C1CC(O)C1. The summed E-state index contributed by atoms with van der Waals surface area (Å²) >= 11 is 0. The third-order valence-corrected chi connectivity index (χ3v) is 3.77. The van der Waals surface area contributed by atoms with Crippen molar-refractivity contribution in [3.63, 3.8) is 0 Å². The number of aliphatic hydroxyl groups is 1. The van der Waals surface area contributed by atoms with E-state index in [0.29, 0.717) is 24.7 Å². The molecule has 2 N–H and O–H groups in total. The second-order valence-electron chi connectivity index (χ2n) is 5.17. The minimum atomic E-state index is -0.181. The van der Waals surface area contributed by atoms with Crippen LogP contribution in [0.5, 0.6) is 0 Å². The van der Waals surface area contributed by atoms with Crippen molar-refractivity contribution in [2.24, 2.45) is 5.92 Å². The van der Waals surface area contributed by atoms with Gasteiger partial charge in [0.15, 0.2) is 0 Å². The van der Waals surface area contributed by atoms with Crippen LogP contribution in [0.15, 0.2) is 0 Å². The van der Waals surface area contributed by atoms with Crippen LogP contribution < -0.4 is 5.32 Å². The van der Waals surface area contributed by atoms with E-state index in [1.54, 1.807) is 4.68 Å². The van der Waals surface area contributed by atoms with E-state index < -0.39 is 0 Å². The van der Waals surface area contributed by atoms with E-state index in [4.69, 9.17) is 0 Å². The third kappa shape index (κ3) is 3.50. The van der Waals surface area contributed by atoms with E-state index in [-0.39, 0.29) is 18.1 Å². The summed E-state index contributed by atoms with van der Waals surface area (Å²) in [6.07, 6.45) is 2.68. The molecule has 1 atom stereocenters. The Morgan fingerprint density at radius 2 is 2.32 bits per heavy atom. The molecule has 0 aromatic carbocycles. The molecule has 1 fully saturated rings. The minimum Gasteiger partial charge on any atom is -0.393 e. The van der Waals surface area contributed by atoms with Crippen LogP contribution in [0, 0.1) is 12.8 Å². The van der Waals surface area contributed by atoms with E-state index >= 15 is 0 Å². The van der Waals surface area contributed by atoms with Gasteiger partial charge in [0, 0.05) is 12.5 Å². The molecule has 1 heterocycles. The van der Waals surface area contributed by atoms with Gasteiger partial charge in [0.05, 0.1) is 12.6 Å². The van der Waals surface area contributed by atoms with E-state index in [1.165, 1.54) is 0 Å². The number of carbonyl (C=O) groups excluding carboxylic acids is 1. The van der Waals surface area contributed by atoms with Gasteiger partial charge >= 0.3 is 0 Å². The van der Waals surface area contributed by atoms with Crippen LogP contribution in [-0.2, 0) is 11.3 Å². The van der Waals surface area contributed by atoms with E-state index in [9.17, 15) is 9.90 Å². The van der Waals surface area contributed by atoms with Crippen LogP contribution in [0.25, 0.3) is 0 Å². The molecule has 1 saturated carbocycles. The third-order valence-electron chi connectivity index (χ3n) is 3.77. The van der Waals surface area contributed by atoms with Crippen molar-refractivity contribution in [1.82, 2.24) is 25.5 Å². The van der Waals surface area contributed by atoms with Gasteiger partial charge in [0.25, 0.3) is 0 Å². The lowest BCUT2D eigenvalue weighted by molar-refractivity contribution is -0.123. The van der Waals surface area contributed by atoms with Crippen molar-refractivity contribution < 1.29 is 9.90 Å². The molecule has 106 valence electrons. The van der Waals surface area contributed by atoms with Gasteiger partial charge < -0.3 is 10.4 Å². The quantitative estimate of drug-likeness (QED) is 0.759. The lowest BCUT2D eigenvalue weighted by Gasteiger charge is -2.37. The number of aliphatic hydroxyl groups excluding tert-OH is 1. The van der Waals surface area contributed by atoms with Crippen molar-refractivity contribution in [2.75, 3.05) is 0 Å². The molecule has 0 radical (unpaired) electrons. The van der Waals surface area contributed by atoms with Crippen molar-refractivity contribution in [3.05, 3.63) is 5.82 Å². The maximum absolute atomic E-state index is 11.9. The first kappa shape index (κ1) is 13.9. The summed E-state index contributed by atoms with van der Waals surface area (Å²) in [6.45, 7) is 4.36. The summed E-state index contributed by atoms with van der Waals surface area (Å²) in [6, 6.07) is 0.172. The molecule has 1 aromatic rings. The van der Waals surface area contributed by atoms with E-state index in [1.807, 2.05) is 6.92 Å². The van der Waals surface area contributed by atoms with Crippen molar-refractivity contribution in [3.8, 4) is 0 Å². The van der Waals surface area contributed by atoms with Crippen molar-refractivity contribution in [1.29, 1.82) is 0 Å². The van der Waals surface area contributed by atoms with Crippen LogP contribution in [0.2, 0.25) is 0 Å². The second-order valence-corrected chi connectivity index (χ2v) is 5.17. The Morgan fingerprint density at radius 3 is 2.84 bits per heavy atom. The van der Waals surface area contributed by atoms with Crippen LogP contribution in [-0.4, -0.2) is 43.4 Å². The molecular formula is C12H21N5O2. The van der Waals surface area contributed by atoms with Crippen LogP contribution in [0.4, 0.5) is 0 Å². The molecule has 0 aliphatic heterocycles. The molecule has 1 aliphatic carbocycles.